The Hall–Kier alpha value is -6.52. The van der Waals surface area contributed by atoms with Gasteiger partial charge >= 0.3 is 0 Å². The Labute approximate surface area is 597 Å². The molecule has 2 rings (SSSR count). The summed E-state index contributed by atoms with van der Waals surface area (Å²) in [6, 6.07) is -14.6. The molecule has 6 N–H and O–H groups in total. The van der Waals surface area contributed by atoms with Gasteiger partial charge in [0.25, 0.3) is 0 Å². The fraction of sp³-hybridized carbons (Fsp3) is 0.833. The van der Waals surface area contributed by atoms with Gasteiger partial charge in [0, 0.05) is 81.5 Å². The molecule has 28 nitrogen and oxygen atoms in total. The van der Waals surface area contributed by atoms with Crippen molar-refractivity contribution in [2.45, 2.75) is 267 Å². The number of nitrogens with zero attached hydrogens (tertiary/aromatic N) is 8. The Kier molecular flexibility index (Phi) is 37.8. The molecule has 2 aliphatic rings. The predicted molar refractivity (Wildman–Crippen MR) is 383 cm³/mol. The van der Waals surface area contributed by atoms with Crippen LogP contribution in [-0.4, -0.2) is 289 Å². The van der Waals surface area contributed by atoms with Crippen LogP contribution in [0.25, 0.3) is 0 Å². The molecule has 0 radical (unpaired) electrons. The number of aliphatic hydroxyl groups is 1. The Morgan fingerprint density at radius 3 is 1.50 bits per heavy atom. The van der Waals surface area contributed by atoms with E-state index in [1.807, 2.05) is 55.4 Å². The zero-order chi connectivity index (χ0) is 76.7. The van der Waals surface area contributed by atoms with E-state index < -0.39 is 161 Å². The van der Waals surface area contributed by atoms with Crippen LogP contribution in [-0.2, 0) is 67.0 Å². The molecule has 100 heavy (non-hydrogen) atoms. The molecule has 0 aromatic heterocycles. The highest BCUT2D eigenvalue weighted by Crippen LogP contribution is 2.27. The van der Waals surface area contributed by atoms with Crippen molar-refractivity contribution in [3.05, 3.63) is 0 Å². The average Bonchev–Trinajstić information content (AvgIpc) is 0.806. The number of likely N-dealkylation sites (N-methyl/N-ethyl adjacent to an activating group) is 7. The minimum atomic E-state index is -1.72. The number of nitrogens with one attached hydrogen (secondary N) is 5. The summed E-state index contributed by atoms with van der Waals surface area (Å²) in [6.45, 7) is 34.8. The summed E-state index contributed by atoms with van der Waals surface area (Å²) in [4.78, 5) is 188. The lowest BCUT2D eigenvalue weighted by Gasteiger charge is -2.41. The molecular formula is C72H131N13O15. The molecule has 0 unspecified atom stereocenters. The molecule has 2 heterocycles. The molecule has 2 saturated heterocycles. The summed E-state index contributed by atoms with van der Waals surface area (Å²) in [5, 5.41) is 26.4. The van der Waals surface area contributed by atoms with Crippen LogP contribution >= 0.6 is 0 Å². The van der Waals surface area contributed by atoms with Gasteiger partial charge in [-0.15, -0.1) is 0 Å². The molecule has 14 atom stereocenters. The van der Waals surface area contributed by atoms with Crippen molar-refractivity contribution in [2.24, 2.45) is 35.5 Å². The van der Waals surface area contributed by atoms with Gasteiger partial charge in [-0.25, -0.2) is 0 Å². The second kappa shape index (κ2) is 42.2. The second-order valence-electron chi connectivity index (χ2n) is 30.3. The van der Waals surface area contributed by atoms with Crippen LogP contribution in [0.1, 0.15) is 182 Å². The fourth-order valence-corrected chi connectivity index (χ4v) is 13.0. The normalized spacial score (nSPS) is 26.7. The number of rotatable bonds is 23. The maximum atomic E-state index is 15.4. The maximum absolute atomic E-state index is 15.4. The van der Waals surface area contributed by atoms with Gasteiger partial charge in [0.1, 0.15) is 66.5 Å². The van der Waals surface area contributed by atoms with Crippen LogP contribution in [0.5, 0.6) is 0 Å². The SMILES string of the molecule is CC[C@@H]1NC(=O)[C@H]([C@H](O)[C@H](C)CCCC(=O)NC(C)C)N(C)C(=O)[C@H](C(C)C)N(C)C(=O)[C@H](CC(C)C)N(C)C(=O)[C@H](CC(C)C)N(C)C(=O)[C@@H](C)NC(=O)[C@H](C)NC(=O)[C@H](CC(C)C)N(C)C(=O)[C@H](C(C)C)NC(=O)[C@H]([C@@H](C)OCCCCN2CCOCC2)N(C)C(=O)[C@@H](C)N(C)C1=O. The molecule has 0 saturated carbocycles. The first kappa shape index (κ1) is 89.6. The first-order valence-corrected chi connectivity index (χ1v) is 36.4. The van der Waals surface area contributed by atoms with E-state index in [1.54, 1.807) is 48.5 Å². The molecule has 2 aliphatic heterocycles. The summed E-state index contributed by atoms with van der Waals surface area (Å²) in [5.74, 6) is -10.7. The number of ether oxygens (including phenoxy) is 2. The summed E-state index contributed by atoms with van der Waals surface area (Å²) in [5.41, 5.74) is 0. The summed E-state index contributed by atoms with van der Waals surface area (Å²) >= 11 is 0. The van der Waals surface area contributed by atoms with Gasteiger partial charge in [-0.2, -0.15) is 0 Å². The van der Waals surface area contributed by atoms with Gasteiger partial charge in [-0.3, -0.25) is 62.4 Å². The monoisotopic (exact) mass is 1420 g/mol. The number of hydrogen-bond acceptors (Lipinski definition) is 16. The van der Waals surface area contributed by atoms with Gasteiger partial charge in [-0.05, 0) is 135 Å². The topological polar surface area (TPSA) is 330 Å². The van der Waals surface area contributed by atoms with Crippen molar-refractivity contribution < 1.29 is 72.1 Å². The molecule has 12 amide bonds. The third-order valence-corrected chi connectivity index (χ3v) is 19.4. The van der Waals surface area contributed by atoms with E-state index in [-0.39, 0.29) is 74.8 Å². The number of carbonyl (C=O) groups is 12. The second-order valence-corrected chi connectivity index (χ2v) is 30.3. The van der Waals surface area contributed by atoms with Crippen LogP contribution in [0.2, 0.25) is 0 Å². The molecule has 0 bridgehead atoms. The first-order valence-electron chi connectivity index (χ1n) is 36.4. The lowest BCUT2D eigenvalue weighted by atomic mass is 9.90. The van der Waals surface area contributed by atoms with Crippen molar-refractivity contribution in [2.75, 3.05) is 88.8 Å². The Balaban J connectivity index is 3.03. The number of aliphatic hydroxyl groups excluding tert-OH is 1. The quantitative estimate of drug-likeness (QED) is 0.0801. The van der Waals surface area contributed by atoms with Crippen LogP contribution < -0.4 is 26.6 Å². The lowest BCUT2D eigenvalue weighted by molar-refractivity contribution is -0.157. The van der Waals surface area contributed by atoms with Gasteiger partial charge in [0.2, 0.25) is 70.9 Å². The van der Waals surface area contributed by atoms with Crippen molar-refractivity contribution in [3.8, 4) is 0 Å². The highest BCUT2D eigenvalue weighted by molar-refractivity contribution is 6.00. The number of morpholine rings is 1. The maximum Gasteiger partial charge on any atom is 0.246 e. The highest BCUT2D eigenvalue weighted by atomic mass is 16.5. The van der Waals surface area contributed by atoms with E-state index in [0.29, 0.717) is 26.1 Å². The third kappa shape index (κ3) is 26.1. The van der Waals surface area contributed by atoms with E-state index >= 15 is 28.8 Å². The van der Waals surface area contributed by atoms with Crippen LogP contribution in [0.15, 0.2) is 0 Å². The molecule has 0 aromatic rings. The molecule has 0 spiro atoms. The Morgan fingerprint density at radius 1 is 0.510 bits per heavy atom. The molecule has 0 aliphatic carbocycles. The largest absolute Gasteiger partial charge is 0.390 e. The van der Waals surface area contributed by atoms with Crippen molar-refractivity contribution in [3.63, 3.8) is 0 Å². The number of hydrogen-bond donors (Lipinski definition) is 6. The van der Waals surface area contributed by atoms with E-state index in [9.17, 15) is 33.9 Å². The Bertz CT molecular complexity index is 2710. The minimum Gasteiger partial charge on any atom is -0.390 e. The minimum absolute atomic E-state index is 0.0444. The molecule has 0 aromatic carbocycles. The van der Waals surface area contributed by atoms with E-state index in [2.05, 4.69) is 31.5 Å². The molecular weight excluding hydrogens is 1290 g/mol. The van der Waals surface area contributed by atoms with Gasteiger partial charge in [-0.1, -0.05) is 83.1 Å². The van der Waals surface area contributed by atoms with Crippen molar-refractivity contribution >= 4 is 70.9 Å². The zero-order valence-corrected chi connectivity index (χ0v) is 65.4. The summed E-state index contributed by atoms with van der Waals surface area (Å²) < 4.78 is 11.9. The number of unbranched alkanes of at least 4 members (excludes halogenated alkanes) is 1. The van der Waals surface area contributed by atoms with E-state index in [4.69, 9.17) is 9.47 Å². The molecule has 2 fully saturated rings. The van der Waals surface area contributed by atoms with Gasteiger partial charge < -0.3 is 75.5 Å². The lowest BCUT2D eigenvalue weighted by Crippen LogP contribution is -2.64. The van der Waals surface area contributed by atoms with Crippen LogP contribution in [0.4, 0.5) is 0 Å². The van der Waals surface area contributed by atoms with Crippen molar-refractivity contribution in [1.29, 1.82) is 0 Å². The predicted octanol–water partition coefficient (Wildman–Crippen LogP) is 2.86. The summed E-state index contributed by atoms with van der Waals surface area (Å²) in [7, 11) is 9.81. The number of amides is 12. The smallest absolute Gasteiger partial charge is 0.246 e. The average molecular weight is 1420 g/mol. The van der Waals surface area contributed by atoms with E-state index in [1.165, 1.54) is 89.7 Å². The van der Waals surface area contributed by atoms with Crippen LogP contribution in [0, 0.1) is 35.5 Å². The highest BCUT2D eigenvalue weighted by Gasteiger charge is 2.47. The summed E-state index contributed by atoms with van der Waals surface area (Å²) in [6.07, 6.45) is -0.320. The standard InChI is InChI=1S/C72H131N13O15/c1-26-52-68(94)78(19)50(17)67(93)83(24)59(51(18)100-35-28-27-32-85-33-36-99-37-34-85)64(90)77-57(44(8)9)71(97)79(20)53(38-41(2)3)63(89)74-48(15)62(88)75-49(16)66(92)80(21)54(39-42(4)5)69(95)81(22)55(40-43(6)7)70(96)82(23)58(45(10)11)72(98)84(25)60(65(91)76-52)61(87)47(14)30-29-31-56(86)73-46(12)13/h41-55,57-61,87H,26-40H2,1-25H3,(H,73,86)(H,74,89)(H,75,88)(H,76,91)(H,77,90)/t47-,48+,49-,50-,51-,52+,53+,54+,55+,57+,58+,59+,60+,61-/m1/s1. The zero-order valence-electron chi connectivity index (χ0n) is 65.4. The van der Waals surface area contributed by atoms with Gasteiger partial charge in [0.05, 0.1) is 25.4 Å². The van der Waals surface area contributed by atoms with E-state index in [0.717, 1.165) is 40.8 Å². The van der Waals surface area contributed by atoms with Crippen molar-refractivity contribution in [1.82, 2.24) is 65.8 Å². The van der Waals surface area contributed by atoms with Crippen LogP contribution in [0.3, 0.4) is 0 Å². The first-order chi connectivity index (χ1) is 46.5. The Morgan fingerprint density at radius 2 is 0.990 bits per heavy atom. The number of carbonyl (C=O) groups excluding carboxylic acids is 12. The molecule has 574 valence electrons. The third-order valence-electron chi connectivity index (χ3n) is 19.4. The fourth-order valence-electron chi connectivity index (χ4n) is 13.0. The molecule has 28 heteroatoms. The van der Waals surface area contributed by atoms with Gasteiger partial charge in [0.15, 0.2) is 0 Å².